The molecule has 3 heteroatoms. The van der Waals surface area contributed by atoms with Crippen LogP contribution in [0.4, 0.5) is 0 Å². The molecule has 0 spiro atoms. The summed E-state index contributed by atoms with van der Waals surface area (Å²) in [5, 5.41) is 0. The van der Waals surface area contributed by atoms with Gasteiger partial charge < -0.3 is 9.64 Å². The van der Waals surface area contributed by atoms with Crippen LogP contribution in [-0.2, 0) is 0 Å². The molecule has 0 radical (unpaired) electrons. The zero-order chi connectivity index (χ0) is 14.5. The van der Waals surface area contributed by atoms with Crippen LogP contribution in [-0.4, -0.2) is 55.2 Å². The van der Waals surface area contributed by atoms with Crippen LogP contribution < -0.4 is 4.74 Å². The van der Waals surface area contributed by atoms with E-state index in [4.69, 9.17) is 4.74 Å². The number of benzene rings is 1. The van der Waals surface area contributed by atoms with Gasteiger partial charge >= 0.3 is 0 Å². The Balaban J connectivity index is 1.34. The fraction of sp³-hybridized carbons (Fsp3) is 0.556. The summed E-state index contributed by atoms with van der Waals surface area (Å²) in [5.41, 5.74) is 1.22. The molecule has 2 heterocycles. The van der Waals surface area contributed by atoms with Crippen LogP contribution >= 0.6 is 0 Å². The topological polar surface area (TPSA) is 15.7 Å². The number of rotatable bonds is 6. The highest BCUT2D eigenvalue weighted by molar-refractivity contribution is 5.31. The minimum atomic E-state index is 0.761. The second kappa shape index (κ2) is 7.10. The van der Waals surface area contributed by atoms with Crippen molar-refractivity contribution in [2.45, 2.75) is 25.8 Å². The molecule has 1 fully saturated rings. The van der Waals surface area contributed by atoms with Crippen molar-refractivity contribution < 1.29 is 4.74 Å². The van der Waals surface area contributed by atoms with Gasteiger partial charge in [-0.15, -0.1) is 0 Å². The van der Waals surface area contributed by atoms with Crippen molar-refractivity contribution in [3.05, 3.63) is 42.0 Å². The molecule has 0 N–H and O–H groups in total. The lowest BCUT2D eigenvalue weighted by Crippen LogP contribution is -2.36. The molecule has 2 aliphatic heterocycles. The van der Waals surface area contributed by atoms with E-state index in [0.29, 0.717) is 0 Å². The van der Waals surface area contributed by atoms with Gasteiger partial charge in [-0.3, -0.25) is 4.90 Å². The summed E-state index contributed by atoms with van der Waals surface area (Å²) < 4.78 is 5.88. The third kappa shape index (κ3) is 3.86. The molecule has 3 nitrogen and oxygen atoms in total. The zero-order valence-corrected chi connectivity index (χ0v) is 13.0. The lowest BCUT2D eigenvalue weighted by molar-refractivity contribution is 0.226. The van der Waals surface area contributed by atoms with E-state index in [2.05, 4.69) is 47.1 Å². The molecular weight excluding hydrogens is 260 g/mol. The minimum absolute atomic E-state index is 0.761. The Labute approximate surface area is 128 Å². The first-order valence-corrected chi connectivity index (χ1v) is 8.13. The smallest absolute Gasteiger partial charge is 0.122 e. The number of likely N-dealkylation sites (tertiary alicyclic amines) is 1. The van der Waals surface area contributed by atoms with Crippen LogP contribution in [0.2, 0.25) is 0 Å². The maximum Gasteiger partial charge on any atom is 0.122 e. The number of hydrogen-bond donors (Lipinski definition) is 0. The van der Waals surface area contributed by atoms with Crippen LogP contribution in [0.25, 0.3) is 0 Å². The normalized spacial score (nSPS) is 23.0. The molecule has 1 aromatic carbocycles. The van der Waals surface area contributed by atoms with Gasteiger partial charge in [0.2, 0.25) is 0 Å². The van der Waals surface area contributed by atoms with Gasteiger partial charge in [0.1, 0.15) is 5.75 Å². The maximum absolute atomic E-state index is 5.88. The summed E-state index contributed by atoms with van der Waals surface area (Å²) in [6.07, 6.45) is 7.01. The van der Waals surface area contributed by atoms with Crippen LogP contribution in [0, 0.1) is 6.92 Å². The van der Waals surface area contributed by atoms with Crippen molar-refractivity contribution in [1.82, 2.24) is 9.80 Å². The summed E-state index contributed by atoms with van der Waals surface area (Å²) in [7, 11) is 0. The average molecular weight is 286 g/mol. The second-order valence-electron chi connectivity index (χ2n) is 6.14. The first-order valence-electron chi connectivity index (χ1n) is 8.13. The SMILES string of the molecule is Cc1ccccc1OCCCN1CC[C@H](N2CC=CC2)C1. The average Bonchev–Trinajstić information content (AvgIpc) is 3.16. The lowest BCUT2D eigenvalue weighted by Gasteiger charge is -2.23. The molecule has 3 rings (SSSR count). The van der Waals surface area contributed by atoms with Crippen LogP contribution in [0.3, 0.4) is 0 Å². The predicted octanol–water partition coefficient (Wildman–Crippen LogP) is 2.71. The largest absolute Gasteiger partial charge is 0.493 e. The molecule has 0 bridgehead atoms. The molecule has 1 aromatic rings. The Morgan fingerprint density at radius 3 is 2.81 bits per heavy atom. The maximum atomic E-state index is 5.88. The minimum Gasteiger partial charge on any atom is -0.493 e. The molecule has 2 aliphatic rings. The second-order valence-corrected chi connectivity index (χ2v) is 6.14. The van der Waals surface area contributed by atoms with E-state index in [1.54, 1.807) is 0 Å². The molecule has 0 aliphatic carbocycles. The van der Waals surface area contributed by atoms with E-state index in [0.717, 1.165) is 44.5 Å². The molecule has 21 heavy (non-hydrogen) atoms. The fourth-order valence-electron chi connectivity index (χ4n) is 3.29. The standard InChI is InChI=1S/C18H26N2O/c1-16-7-2-3-8-18(16)21-14-6-10-19-13-9-17(15-19)20-11-4-5-12-20/h2-5,7-8,17H,6,9-15H2,1H3/t17-/m0/s1. The van der Waals surface area contributed by atoms with Gasteiger partial charge in [0.05, 0.1) is 6.61 Å². The van der Waals surface area contributed by atoms with E-state index in [1.165, 1.54) is 25.1 Å². The van der Waals surface area contributed by atoms with Gasteiger partial charge in [0.25, 0.3) is 0 Å². The number of hydrogen-bond acceptors (Lipinski definition) is 3. The van der Waals surface area contributed by atoms with E-state index in [9.17, 15) is 0 Å². The summed E-state index contributed by atoms with van der Waals surface area (Å²) in [5.74, 6) is 1.03. The highest BCUT2D eigenvalue weighted by atomic mass is 16.5. The third-order valence-electron chi connectivity index (χ3n) is 4.58. The van der Waals surface area contributed by atoms with Crippen molar-refractivity contribution in [1.29, 1.82) is 0 Å². The van der Waals surface area contributed by atoms with Crippen molar-refractivity contribution in [2.24, 2.45) is 0 Å². The van der Waals surface area contributed by atoms with Gasteiger partial charge in [0.15, 0.2) is 0 Å². The highest BCUT2D eigenvalue weighted by Crippen LogP contribution is 2.19. The first kappa shape index (κ1) is 14.6. The van der Waals surface area contributed by atoms with E-state index in [1.807, 2.05) is 6.07 Å². The fourth-order valence-corrected chi connectivity index (χ4v) is 3.29. The van der Waals surface area contributed by atoms with Crippen LogP contribution in [0.15, 0.2) is 36.4 Å². The summed E-state index contributed by atoms with van der Waals surface area (Å²) in [4.78, 5) is 5.17. The van der Waals surface area contributed by atoms with Gasteiger partial charge in [0, 0.05) is 32.2 Å². The van der Waals surface area contributed by atoms with Crippen LogP contribution in [0.1, 0.15) is 18.4 Å². The molecule has 0 unspecified atom stereocenters. The summed E-state index contributed by atoms with van der Waals surface area (Å²) in [6.45, 7) is 8.84. The zero-order valence-electron chi connectivity index (χ0n) is 13.0. The van der Waals surface area contributed by atoms with E-state index >= 15 is 0 Å². The Morgan fingerprint density at radius 2 is 2.00 bits per heavy atom. The molecule has 1 atom stereocenters. The van der Waals surface area contributed by atoms with Crippen molar-refractivity contribution in [2.75, 3.05) is 39.3 Å². The Bertz CT molecular complexity index is 478. The summed E-state index contributed by atoms with van der Waals surface area (Å²) in [6, 6.07) is 9.01. The summed E-state index contributed by atoms with van der Waals surface area (Å²) >= 11 is 0. The van der Waals surface area contributed by atoms with Gasteiger partial charge in [-0.1, -0.05) is 30.4 Å². The monoisotopic (exact) mass is 286 g/mol. The van der Waals surface area contributed by atoms with Crippen LogP contribution in [0.5, 0.6) is 5.75 Å². The van der Waals surface area contributed by atoms with Gasteiger partial charge in [-0.05, 0) is 37.9 Å². The Morgan fingerprint density at radius 1 is 1.19 bits per heavy atom. The Kier molecular flexibility index (Phi) is 4.94. The number of aryl methyl sites for hydroxylation is 1. The molecule has 0 saturated carbocycles. The van der Waals surface area contributed by atoms with Crippen molar-refractivity contribution in [3.63, 3.8) is 0 Å². The van der Waals surface area contributed by atoms with Crippen molar-refractivity contribution in [3.8, 4) is 5.75 Å². The molecule has 0 amide bonds. The quantitative estimate of drug-likeness (QED) is 0.591. The predicted molar refractivity (Wildman–Crippen MR) is 86.8 cm³/mol. The Hall–Kier alpha value is -1.32. The first-order chi connectivity index (χ1) is 10.3. The number of nitrogens with zero attached hydrogens (tertiary/aromatic N) is 2. The third-order valence-corrected chi connectivity index (χ3v) is 4.58. The van der Waals surface area contributed by atoms with Gasteiger partial charge in [-0.2, -0.15) is 0 Å². The number of ether oxygens (including phenoxy) is 1. The molecule has 114 valence electrons. The van der Waals surface area contributed by atoms with E-state index in [-0.39, 0.29) is 0 Å². The van der Waals surface area contributed by atoms with Crippen molar-refractivity contribution >= 4 is 0 Å². The molecular formula is C18H26N2O. The molecule has 0 aromatic heterocycles. The van der Waals surface area contributed by atoms with E-state index < -0.39 is 0 Å². The van der Waals surface area contributed by atoms with Gasteiger partial charge in [-0.25, -0.2) is 0 Å². The highest BCUT2D eigenvalue weighted by Gasteiger charge is 2.27. The number of para-hydroxylation sites is 1. The molecule has 1 saturated heterocycles. The lowest BCUT2D eigenvalue weighted by atomic mass is 10.2.